The molecule has 214 valence electrons. The molecule has 2 aromatic heterocycles. The Morgan fingerprint density at radius 2 is 1.22 bits per heavy atom. The van der Waals surface area contributed by atoms with E-state index in [1.807, 2.05) is 70.3 Å². The first kappa shape index (κ1) is 28.8. The molecule has 0 radical (unpaired) electrons. The van der Waals surface area contributed by atoms with Gasteiger partial charge in [-0.3, -0.25) is 19.0 Å². The molecule has 4 aromatic rings. The summed E-state index contributed by atoms with van der Waals surface area (Å²) >= 11 is 3.46. The maximum absolute atomic E-state index is 12.3. The molecule has 2 aliphatic rings. The molecule has 2 aliphatic carbocycles. The van der Waals surface area contributed by atoms with E-state index < -0.39 is 0 Å². The van der Waals surface area contributed by atoms with Gasteiger partial charge in [-0.25, -0.2) is 0 Å². The van der Waals surface area contributed by atoms with Crippen LogP contribution in [-0.2, 0) is 25.9 Å². The first-order chi connectivity index (χ1) is 19.9. The average molecular weight is 620 g/mol. The van der Waals surface area contributed by atoms with Gasteiger partial charge < -0.3 is 9.47 Å². The quantitative estimate of drug-likeness (QED) is 0.192. The summed E-state index contributed by atoms with van der Waals surface area (Å²) < 4.78 is 14.0. The molecule has 1 unspecified atom stereocenters. The average Bonchev–Trinajstić information content (AvgIpc) is 3.51. The summed E-state index contributed by atoms with van der Waals surface area (Å²) in [5, 5.41) is 9.14. The maximum atomic E-state index is 12.3. The summed E-state index contributed by atoms with van der Waals surface area (Å²) in [6.07, 6.45) is 10.1. The lowest BCUT2D eigenvalue weighted by Gasteiger charge is -2.05. The Balaban J connectivity index is 0.000000165. The first-order valence-electron chi connectivity index (χ1n) is 14.0. The number of aryl methyl sites for hydroxylation is 2. The van der Waals surface area contributed by atoms with E-state index in [1.54, 1.807) is 14.2 Å². The van der Waals surface area contributed by atoms with Gasteiger partial charge in [0.1, 0.15) is 11.5 Å². The smallest absolute Gasteiger partial charge is 0.179 e. The number of Topliss-reactive ketones (excluding diaryl/α,β-unsaturated/α-hetero) is 2. The second-order valence-electron chi connectivity index (χ2n) is 10.4. The molecule has 1 atom stereocenters. The predicted octanol–water partition coefficient (Wildman–Crippen LogP) is 6.07. The number of hydrogen-bond acceptors (Lipinski definition) is 6. The molecule has 0 saturated heterocycles. The number of methoxy groups -OCH3 is 2. The van der Waals surface area contributed by atoms with Crippen LogP contribution in [0.1, 0.15) is 75.3 Å². The van der Waals surface area contributed by atoms with Crippen LogP contribution < -0.4 is 9.47 Å². The Bertz CT molecular complexity index is 1490. The number of rotatable bonds is 6. The molecule has 8 nitrogen and oxygen atoms in total. The third kappa shape index (κ3) is 7.14. The highest BCUT2D eigenvalue weighted by Gasteiger charge is 2.26. The fraction of sp³-hybridized carbons (Fsp3) is 0.375. The van der Waals surface area contributed by atoms with Crippen LogP contribution in [0, 0.1) is 0 Å². The second kappa shape index (κ2) is 13.3. The van der Waals surface area contributed by atoms with E-state index in [1.165, 1.54) is 0 Å². The number of ketones is 2. The molecular formula is C32H35BrN4O4. The van der Waals surface area contributed by atoms with Gasteiger partial charge in [0.15, 0.2) is 11.6 Å². The van der Waals surface area contributed by atoms with Gasteiger partial charge in [0, 0.05) is 18.8 Å². The van der Waals surface area contributed by atoms with E-state index in [0.717, 1.165) is 83.7 Å². The molecule has 9 heteroatoms. The number of benzene rings is 2. The van der Waals surface area contributed by atoms with E-state index in [-0.39, 0.29) is 16.4 Å². The summed E-state index contributed by atoms with van der Waals surface area (Å²) in [4.78, 5) is 24.2. The largest absolute Gasteiger partial charge is 0.497 e. The van der Waals surface area contributed by atoms with Crippen molar-refractivity contribution in [3.05, 3.63) is 94.6 Å². The summed E-state index contributed by atoms with van der Waals surface area (Å²) in [6.45, 7) is 1.35. The van der Waals surface area contributed by atoms with E-state index in [4.69, 9.17) is 9.47 Å². The molecule has 0 bridgehead atoms. The van der Waals surface area contributed by atoms with Gasteiger partial charge in [0.2, 0.25) is 0 Å². The van der Waals surface area contributed by atoms with Gasteiger partial charge in [-0.1, -0.05) is 40.2 Å². The number of alkyl halides is 1. The lowest BCUT2D eigenvalue weighted by Crippen LogP contribution is -2.12. The number of hydrogen-bond donors (Lipinski definition) is 0. The minimum atomic E-state index is -0.0719. The van der Waals surface area contributed by atoms with Gasteiger partial charge in [-0.15, -0.1) is 0 Å². The molecule has 0 N–H and O–H groups in total. The van der Waals surface area contributed by atoms with Crippen LogP contribution in [0.15, 0.2) is 60.9 Å². The highest BCUT2D eigenvalue weighted by atomic mass is 79.9. The Kier molecular flexibility index (Phi) is 9.34. The zero-order chi connectivity index (χ0) is 28.8. The van der Waals surface area contributed by atoms with Crippen molar-refractivity contribution in [2.75, 3.05) is 14.2 Å². The summed E-state index contributed by atoms with van der Waals surface area (Å²) in [6, 6.07) is 15.8. The molecule has 2 aromatic carbocycles. The lowest BCUT2D eigenvalue weighted by molar-refractivity contribution is 0.0977. The molecular weight excluding hydrogens is 584 g/mol. The van der Waals surface area contributed by atoms with Gasteiger partial charge in [0.05, 0.1) is 54.7 Å². The highest BCUT2D eigenvalue weighted by molar-refractivity contribution is 9.10. The zero-order valence-corrected chi connectivity index (χ0v) is 25.1. The van der Waals surface area contributed by atoms with E-state index in [2.05, 4.69) is 26.1 Å². The van der Waals surface area contributed by atoms with Crippen molar-refractivity contribution in [3.63, 3.8) is 0 Å². The number of aromatic nitrogens is 4. The third-order valence-corrected chi connectivity index (χ3v) is 8.35. The predicted molar refractivity (Wildman–Crippen MR) is 161 cm³/mol. The minimum Gasteiger partial charge on any atom is -0.497 e. The fourth-order valence-corrected chi connectivity index (χ4v) is 5.76. The molecule has 0 saturated carbocycles. The van der Waals surface area contributed by atoms with Crippen LogP contribution in [0.3, 0.4) is 0 Å². The zero-order valence-electron chi connectivity index (χ0n) is 23.5. The number of halogens is 1. The normalized spacial score (nSPS) is 16.5. The first-order valence-corrected chi connectivity index (χ1v) is 14.9. The van der Waals surface area contributed by atoms with Gasteiger partial charge in [0.25, 0.3) is 0 Å². The van der Waals surface area contributed by atoms with Crippen LogP contribution in [0.4, 0.5) is 0 Å². The number of nitrogens with zero attached hydrogens (tertiary/aromatic N) is 4. The van der Waals surface area contributed by atoms with Crippen molar-refractivity contribution in [1.82, 2.24) is 19.6 Å². The van der Waals surface area contributed by atoms with Crippen molar-refractivity contribution in [1.29, 1.82) is 0 Å². The summed E-state index contributed by atoms with van der Waals surface area (Å²) in [5.74, 6) is 2.08. The molecule has 0 spiro atoms. The van der Waals surface area contributed by atoms with Crippen LogP contribution in [-0.4, -0.2) is 50.2 Å². The molecule has 0 fully saturated rings. The van der Waals surface area contributed by atoms with Crippen LogP contribution >= 0.6 is 15.9 Å². The Morgan fingerprint density at radius 1 is 0.732 bits per heavy atom. The lowest BCUT2D eigenvalue weighted by atomic mass is 10.1. The van der Waals surface area contributed by atoms with Crippen LogP contribution in [0.2, 0.25) is 0 Å². The van der Waals surface area contributed by atoms with Gasteiger partial charge in [-0.05, 0) is 73.9 Å². The third-order valence-electron chi connectivity index (χ3n) is 7.47. The Labute approximate surface area is 248 Å². The number of fused-ring (bicyclic) bond motifs is 2. The highest BCUT2D eigenvalue weighted by Crippen LogP contribution is 2.25. The van der Waals surface area contributed by atoms with Gasteiger partial charge in [-0.2, -0.15) is 10.2 Å². The SMILES string of the molecule is COc1ccc(Cn2cc3c(n2)CCCC(Br)C3=O)cc1.COc1ccc(Cn2cc3c(n2)CCCCC3=O)cc1. The monoisotopic (exact) mass is 618 g/mol. The maximum Gasteiger partial charge on any atom is 0.179 e. The molecule has 41 heavy (non-hydrogen) atoms. The van der Waals surface area contributed by atoms with E-state index in [9.17, 15) is 9.59 Å². The van der Waals surface area contributed by atoms with Gasteiger partial charge >= 0.3 is 0 Å². The van der Waals surface area contributed by atoms with Crippen molar-refractivity contribution in [2.24, 2.45) is 0 Å². The van der Waals surface area contributed by atoms with Crippen LogP contribution in [0.25, 0.3) is 0 Å². The van der Waals surface area contributed by atoms with Crippen molar-refractivity contribution >= 4 is 27.5 Å². The molecule has 0 amide bonds. The summed E-state index contributed by atoms with van der Waals surface area (Å²) in [7, 11) is 3.31. The summed E-state index contributed by atoms with van der Waals surface area (Å²) in [5.41, 5.74) is 5.75. The van der Waals surface area contributed by atoms with Crippen molar-refractivity contribution in [2.45, 2.75) is 62.9 Å². The standard InChI is InChI=1S/C16H17BrN2O2.C16H18N2O2/c1-21-12-7-5-11(6-8-12)9-19-10-13-15(18-19)4-2-3-14(17)16(13)20;1-20-13-8-6-12(7-9-13)10-18-11-14-15(17-18)4-2-3-5-16(14)19/h5-8,10,14H,2-4,9H2,1H3;6-9,11H,2-5,10H2,1H3. The number of carbonyl (C=O) groups excluding carboxylic acids is 2. The molecule has 0 aliphatic heterocycles. The van der Waals surface area contributed by atoms with E-state index >= 15 is 0 Å². The fourth-order valence-electron chi connectivity index (χ4n) is 5.19. The number of carbonyl (C=O) groups is 2. The Hall–Kier alpha value is -3.72. The molecule has 6 rings (SSSR count). The molecule has 2 heterocycles. The van der Waals surface area contributed by atoms with Crippen LogP contribution in [0.5, 0.6) is 11.5 Å². The number of ether oxygens (including phenoxy) is 2. The van der Waals surface area contributed by atoms with Crippen molar-refractivity contribution in [3.8, 4) is 11.5 Å². The minimum absolute atomic E-state index is 0.0719. The Morgan fingerprint density at radius 3 is 1.78 bits per heavy atom. The topological polar surface area (TPSA) is 88.2 Å². The second-order valence-corrected chi connectivity index (χ2v) is 11.5. The van der Waals surface area contributed by atoms with Crippen molar-refractivity contribution < 1.29 is 19.1 Å². The van der Waals surface area contributed by atoms with E-state index in [0.29, 0.717) is 19.5 Å².